The Morgan fingerprint density at radius 1 is 1.40 bits per heavy atom. The van der Waals surface area contributed by atoms with Crippen LogP contribution in [0.25, 0.3) is 0 Å². The van der Waals surface area contributed by atoms with Crippen LogP contribution in [0.5, 0.6) is 0 Å². The van der Waals surface area contributed by atoms with Crippen molar-refractivity contribution >= 4 is 33.4 Å². The molecule has 0 unspecified atom stereocenters. The minimum atomic E-state index is 0. The summed E-state index contributed by atoms with van der Waals surface area (Å²) in [6.07, 6.45) is 6.17. The van der Waals surface area contributed by atoms with Crippen molar-refractivity contribution in [2.24, 2.45) is 5.41 Å². The molecule has 2 N–H and O–H groups in total. The average molecular weight is 291 g/mol. The van der Waals surface area contributed by atoms with Crippen LogP contribution in [0, 0.1) is 5.41 Å². The maximum Gasteiger partial charge on any atom is 0.180 e. The van der Waals surface area contributed by atoms with Crippen molar-refractivity contribution in [3.63, 3.8) is 0 Å². The fourth-order valence-electron chi connectivity index (χ4n) is 2.40. The number of aromatic nitrogens is 1. The molecule has 2 rings (SSSR count). The van der Waals surface area contributed by atoms with Gasteiger partial charge in [0.1, 0.15) is 0 Å². The summed E-state index contributed by atoms with van der Waals surface area (Å²) in [5, 5.41) is 0.748. The number of nitrogens with two attached hydrogens (primary N) is 1. The van der Waals surface area contributed by atoms with Crippen molar-refractivity contribution in [2.45, 2.75) is 46.0 Å². The maximum absolute atomic E-state index is 5.74. The summed E-state index contributed by atoms with van der Waals surface area (Å²) in [7, 11) is 0. The van der Waals surface area contributed by atoms with Crippen molar-refractivity contribution in [1.29, 1.82) is 0 Å². The van der Waals surface area contributed by atoms with Crippen LogP contribution in [-0.4, -0.2) is 4.98 Å². The van der Waals surface area contributed by atoms with Gasteiger partial charge in [-0.25, -0.2) is 4.98 Å². The highest BCUT2D eigenvalue weighted by atomic mass is 79.9. The number of rotatable bonds is 2. The van der Waals surface area contributed by atoms with Crippen LogP contribution in [-0.2, 0) is 12.8 Å². The lowest BCUT2D eigenvalue weighted by Crippen LogP contribution is -2.26. The van der Waals surface area contributed by atoms with Crippen LogP contribution >= 0.6 is 28.3 Å². The lowest BCUT2D eigenvalue weighted by atomic mass is 9.71. The Balaban J connectivity index is 0.00000112. The van der Waals surface area contributed by atoms with Crippen molar-refractivity contribution in [3.8, 4) is 0 Å². The van der Waals surface area contributed by atoms with E-state index in [0.717, 1.165) is 11.6 Å². The minimum Gasteiger partial charge on any atom is -0.375 e. The second-order valence-corrected chi connectivity index (χ2v) is 5.42. The highest BCUT2D eigenvalue weighted by Crippen LogP contribution is 2.42. The Kier molecular flexibility index (Phi) is 4.18. The van der Waals surface area contributed by atoms with Crippen LogP contribution in [0.3, 0.4) is 0 Å². The van der Waals surface area contributed by atoms with Crippen LogP contribution in [0.1, 0.15) is 43.7 Å². The van der Waals surface area contributed by atoms with Crippen LogP contribution in [0.4, 0.5) is 5.13 Å². The molecule has 1 aromatic heterocycles. The van der Waals surface area contributed by atoms with E-state index in [-0.39, 0.29) is 17.0 Å². The van der Waals surface area contributed by atoms with Crippen LogP contribution < -0.4 is 5.73 Å². The highest BCUT2D eigenvalue weighted by molar-refractivity contribution is 8.93. The fourth-order valence-corrected chi connectivity index (χ4v) is 3.46. The second kappa shape index (κ2) is 4.83. The molecule has 1 heterocycles. The highest BCUT2D eigenvalue weighted by Gasteiger charge is 2.32. The van der Waals surface area contributed by atoms with Gasteiger partial charge in [-0.1, -0.05) is 26.7 Å². The molecule has 15 heavy (non-hydrogen) atoms. The first-order valence-electron chi connectivity index (χ1n) is 5.43. The zero-order chi connectivity index (χ0) is 10.2. The predicted octanol–water partition coefficient (Wildman–Crippen LogP) is 3.60. The van der Waals surface area contributed by atoms with E-state index >= 15 is 0 Å². The molecular formula is C11H19BrN2S. The molecule has 0 spiro atoms. The van der Waals surface area contributed by atoms with Gasteiger partial charge in [0.05, 0.1) is 5.69 Å². The molecule has 0 fully saturated rings. The van der Waals surface area contributed by atoms with E-state index in [1.165, 1.54) is 36.3 Å². The Morgan fingerprint density at radius 3 is 2.67 bits per heavy atom. The lowest BCUT2D eigenvalue weighted by molar-refractivity contribution is 0.225. The summed E-state index contributed by atoms with van der Waals surface area (Å²) in [6.45, 7) is 4.61. The molecule has 0 saturated heterocycles. The SMILES string of the molecule is Br.CCC1(CC)CCc2nc(N)sc2C1. The summed E-state index contributed by atoms with van der Waals surface area (Å²) in [5.74, 6) is 0. The molecule has 1 aliphatic carbocycles. The number of anilines is 1. The predicted molar refractivity (Wildman–Crippen MR) is 71.9 cm³/mol. The molecule has 0 aliphatic heterocycles. The third kappa shape index (κ3) is 2.36. The van der Waals surface area contributed by atoms with E-state index in [9.17, 15) is 0 Å². The number of aryl methyl sites for hydroxylation is 1. The first-order valence-corrected chi connectivity index (χ1v) is 6.25. The van der Waals surface area contributed by atoms with Gasteiger partial charge in [-0.15, -0.1) is 28.3 Å². The second-order valence-electron chi connectivity index (χ2n) is 4.31. The normalized spacial score (nSPS) is 18.0. The zero-order valence-electron chi connectivity index (χ0n) is 9.38. The van der Waals surface area contributed by atoms with Gasteiger partial charge in [-0.2, -0.15) is 0 Å². The van der Waals surface area contributed by atoms with Crippen molar-refractivity contribution in [1.82, 2.24) is 4.98 Å². The topological polar surface area (TPSA) is 38.9 Å². The molecule has 0 radical (unpaired) electrons. The minimum absolute atomic E-state index is 0. The van der Waals surface area contributed by atoms with Gasteiger partial charge in [0.15, 0.2) is 5.13 Å². The summed E-state index contributed by atoms with van der Waals surface area (Å²) in [5.41, 5.74) is 7.54. The third-order valence-electron chi connectivity index (χ3n) is 3.72. The Bertz CT molecular complexity index is 331. The summed E-state index contributed by atoms with van der Waals surface area (Å²) < 4.78 is 0. The monoisotopic (exact) mass is 290 g/mol. The van der Waals surface area contributed by atoms with E-state index in [1.807, 2.05) is 0 Å². The fraction of sp³-hybridized carbons (Fsp3) is 0.727. The van der Waals surface area contributed by atoms with E-state index in [2.05, 4.69) is 18.8 Å². The van der Waals surface area contributed by atoms with Crippen molar-refractivity contribution in [2.75, 3.05) is 5.73 Å². The summed E-state index contributed by atoms with van der Waals surface area (Å²) in [4.78, 5) is 5.82. The maximum atomic E-state index is 5.74. The van der Waals surface area contributed by atoms with Gasteiger partial charge in [-0.05, 0) is 24.7 Å². The van der Waals surface area contributed by atoms with Crippen LogP contribution in [0.15, 0.2) is 0 Å². The van der Waals surface area contributed by atoms with Gasteiger partial charge >= 0.3 is 0 Å². The van der Waals surface area contributed by atoms with Crippen LogP contribution in [0.2, 0.25) is 0 Å². The van der Waals surface area contributed by atoms with Gasteiger partial charge in [0.2, 0.25) is 0 Å². The smallest absolute Gasteiger partial charge is 0.180 e. The molecule has 4 heteroatoms. The van der Waals surface area contributed by atoms with Crippen molar-refractivity contribution in [3.05, 3.63) is 10.6 Å². The van der Waals surface area contributed by atoms with E-state index in [4.69, 9.17) is 5.73 Å². The van der Waals surface area contributed by atoms with E-state index in [0.29, 0.717) is 5.41 Å². The lowest BCUT2D eigenvalue weighted by Gasteiger charge is -2.34. The molecule has 2 nitrogen and oxygen atoms in total. The summed E-state index contributed by atoms with van der Waals surface area (Å²) >= 11 is 1.69. The molecule has 0 atom stereocenters. The average Bonchev–Trinajstić information content (AvgIpc) is 2.56. The van der Waals surface area contributed by atoms with Gasteiger partial charge in [0.25, 0.3) is 0 Å². The number of nitrogen functional groups attached to an aromatic ring is 1. The number of nitrogens with zero attached hydrogens (tertiary/aromatic N) is 1. The molecule has 1 aliphatic rings. The Morgan fingerprint density at radius 2 is 2.07 bits per heavy atom. The zero-order valence-corrected chi connectivity index (χ0v) is 11.9. The first-order chi connectivity index (χ1) is 6.69. The number of halogens is 1. The van der Waals surface area contributed by atoms with Gasteiger partial charge in [0, 0.05) is 4.88 Å². The molecular weight excluding hydrogens is 272 g/mol. The molecule has 0 bridgehead atoms. The van der Waals surface area contributed by atoms with Gasteiger partial charge in [-0.3, -0.25) is 0 Å². The molecule has 86 valence electrons. The van der Waals surface area contributed by atoms with Crippen molar-refractivity contribution < 1.29 is 0 Å². The standard InChI is InChI=1S/C11H18N2S.BrH/c1-3-11(4-2)6-5-8-9(7-11)14-10(12)13-8;/h3-7H2,1-2H3,(H2,12,13);1H. The Labute approximate surface area is 106 Å². The van der Waals surface area contributed by atoms with Gasteiger partial charge < -0.3 is 5.73 Å². The van der Waals surface area contributed by atoms with E-state index < -0.39 is 0 Å². The molecule has 0 aromatic carbocycles. The summed E-state index contributed by atoms with van der Waals surface area (Å²) in [6, 6.07) is 0. The number of fused-ring (bicyclic) bond motifs is 1. The first kappa shape index (κ1) is 13.0. The Hall–Kier alpha value is -0.0900. The third-order valence-corrected chi connectivity index (χ3v) is 4.65. The molecule has 1 aromatic rings. The number of hydrogen-bond donors (Lipinski definition) is 1. The quantitative estimate of drug-likeness (QED) is 0.904. The number of hydrogen-bond acceptors (Lipinski definition) is 3. The molecule has 0 amide bonds. The molecule has 0 saturated carbocycles. The number of thiazole rings is 1. The largest absolute Gasteiger partial charge is 0.375 e. The van der Waals surface area contributed by atoms with E-state index in [1.54, 1.807) is 11.3 Å².